The normalized spacial score (nSPS) is 16.2. The summed E-state index contributed by atoms with van der Waals surface area (Å²) in [6.07, 6.45) is 1.84. The molecule has 0 saturated heterocycles. The van der Waals surface area contributed by atoms with E-state index in [0.717, 1.165) is 58.8 Å². The third-order valence-electron chi connectivity index (χ3n) is 5.10. The molecule has 0 saturated carbocycles. The van der Waals surface area contributed by atoms with Gasteiger partial charge in [0.1, 0.15) is 24.4 Å². The summed E-state index contributed by atoms with van der Waals surface area (Å²) in [6, 6.07) is 11.7. The van der Waals surface area contributed by atoms with E-state index in [1.807, 2.05) is 25.1 Å². The van der Waals surface area contributed by atoms with Crippen LogP contribution < -0.4 is 15.3 Å². The van der Waals surface area contributed by atoms with Crippen molar-refractivity contribution in [3.8, 4) is 5.75 Å². The first-order valence-corrected chi connectivity index (χ1v) is 9.73. The average Bonchev–Trinajstić information content (AvgIpc) is 2.63. The molecule has 4 rings (SSSR count). The molecule has 5 heteroatoms. The standard InChI is InChI=1S/C22H22ClNO3/c1-3-5-16-10-20(25)27-22-14(2)21-17(9-19(16)22)12-24(13-26-21)11-15-6-4-7-18(23)8-15/h4,6-10H,3,5,11-13H2,1-2H3/p+1. The zero-order chi connectivity index (χ0) is 19.0. The molecule has 1 aliphatic rings. The van der Waals surface area contributed by atoms with Gasteiger partial charge in [-0.05, 0) is 37.1 Å². The lowest BCUT2D eigenvalue weighted by atomic mass is 9.98. The number of hydrogen-bond donors (Lipinski definition) is 1. The summed E-state index contributed by atoms with van der Waals surface area (Å²) in [4.78, 5) is 13.3. The summed E-state index contributed by atoms with van der Waals surface area (Å²) >= 11 is 6.11. The number of quaternary nitrogens is 1. The van der Waals surface area contributed by atoms with Crippen molar-refractivity contribution in [1.82, 2.24) is 0 Å². The number of fused-ring (bicyclic) bond motifs is 2. The van der Waals surface area contributed by atoms with Gasteiger partial charge in [-0.3, -0.25) is 4.90 Å². The van der Waals surface area contributed by atoms with Gasteiger partial charge in [0, 0.05) is 33.2 Å². The van der Waals surface area contributed by atoms with Crippen LogP contribution in [0.5, 0.6) is 5.75 Å². The Balaban J connectivity index is 1.71. The number of aryl methyl sites for hydroxylation is 2. The molecule has 0 spiro atoms. The van der Waals surface area contributed by atoms with Gasteiger partial charge >= 0.3 is 5.63 Å². The van der Waals surface area contributed by atoms with Crippen LogP contribution in [-0.4, -0.2) is 6.73 Å². The van der Waals surface area contributed by atoms with Gasteiger partial charge in [0.15, 0.2) is 0 Å². The van der Waals surface area contributed by atoms with Crippen LogP contribution in [0, 0.1) is 6.92 Å². The predicted octanol–water partition coefficient (Wildman–Crippen LogP) is 3.64. The second-order valence-electron chi connectivity index (χ2n) is 7.23. The molecule has 0 radical (unpaired) electrons. The van der Waals surface area contributed by atoms with Crippen LogP contribution in [-0.2, 0) is 19.5 Å². The van der Waals surface area contributed by atoms with E-state index in [1.165, 1.54) is 10.5 Å². The molecule has 1 aliphatic heterocycles. The van der Waals surface area contributed by atoms with Crippen molar-refractivity contribution >= 4 is 22.6 Å². The molecule has 27 heavy (non-hydrogen) atoms. The summed E-state index contributed by atoms with van der Waals surface area (Å²) in [6.45, 7) is 6.38. The van der Waals surface area contributed by atoms with Crippen molar-refractivity contribution in [1.29, 1.82) is 0 Å². The van der Waals surface area contributed by atoms with E-state index in [1.54, 1.807) is 6.07 Å². The van der Waals surface area contributed by atoms with E-state index in [2.05, 4.69) is 19.1 Å². The SMILES string of the molecule is CCCc1cc(=O)oc2c(C)c3c(cc12)C[NH+](Cc1cccc(Cl)c1)CO3. The van der Waals surface area contributed by atoms with E-state index in [9.17, 15) is 4.79 Å². The Kier molecular flexibility index (Phi) is 4.94. The van der Waals surface area contributed by atoms with Gasteiger partial charge in [0.25, 0.3) is 0 Å². The number of nitrogens with one attached hydrogen (secondary N) is 1. The van der Waals surface area contributed by atoms with Gasteiger partial charge in [-0.1, -0.05) is 37.1 Å². The minimum absolute atomic E-state index is 0.294. The first kappa shape index (κ1) is 18.1. The highest BCUT2D eigenvalue weighted by molar-refractivity contribution is 6.30. The monoisotopic (exact) mass is 384 g/mol. The van der Waals surface area contributed by atoms with Gasteiger partial charge in [0.05, 0.1) is 0 Å². The van der Waals surface area contributed by atoms with Crippen molar-refractivity contribution in [2.45, 2.75) is 39.8 Å². The Morgan fingerprint density at radius 3 is 2.85 bits per heavy atom. The number of ether oxygens (including phenoxy) is 1. The van der Waals surface area contributed by atoms with Crippen LogP contribution >= 0.6 is 11.6 Å². The minimum Gasteiger partial charge on any atom is -0.444 e. The lowest BCUT2D eigenvalue weighted by molar-refractivity contribution is -0.945. The molecular weight excluding hydrogens is 362 g/mol. The number of hydrogen-bond acceptors (Lipinski definition) is 3. The topological polar surface area (TPSA) is 43.9 Å². The quantitative estimate of drug-likeness (QED) is 0.698. The van der Waals surface area contributed by atoms with E-state index < -0.39 is 0 Å². The van der Waals surface area contributed by atoms with E-state index >= 15 is 0 Å². The Labute approximate surface area is 163 Å². The summed E-state index contributed by atoms with van der Waals surface area (Å²) < 4.78 is 11.6. The zero-order valence-corrected chi connectivity index (χ0v) is 16.4. The van der Waals surface area contributed by atoms with Crippen LogP contribution in [0.2, 0.25) is 5.02 Å². The molecule has 0 fully saturated rings. The fourth-order valence-electron chi connectivity index (χ4n) is 3.92. The molecular formula is C22H23ClNO3+. The Morgan fingerprint density at radius 2 is 2.07 bits per heavy atom. The van der Waals surface area contributed by atoms with Crippen molar-refractivity contribution in [3.05, 3.63) is 74.1 Å². The van der Waals surface area contributed by atoms with Crippen LogP contribution in [0.25, 0.3) is 11.0 Å². The molecule has 1 atom stereocenters. The lowest BCUT2D eigenvalue weighted by Gasteiger charge is -2.28. The third-order valence-corrected chi connectivity index (χ3v) is 5.34. The van der Waals surface area contributed by atoms with Crippen molar-refractivity contribution in [3.63, 3.8) is 0 Å². The van der Waals surface area contributed by atoms with E-state index in [0.29, 0.717) is 12.3 Å². The van der Waals surface area contributed by atoms with Crippen LogP contribution in [0.15, 0.2) is 45.6 Å². The van der Waals surface area contributed by atoms with Crippen LogP contribution in [0.1, 0.15) is 35.6 Å². The van der Waals surface area contributed by atoms with Crippen LogP contribution in [0.4, 0.5) is 0 Å². The molecule has 4 nitrogen and oxygen atoms in total. The van der Waals surface area contributed by atoms with Crippen molar-refractivity contribution in [2.75, 3.05) is 6.73 Å². The molecule has 0 amide bonds. The third kappa shape index (κ3) is 3.60. The first-order valence-electron chi connectivity index (χ1n) is 9.35. The Hall–Kier alpha value is -2.30. The molecule has 140 valence electrons. The first-order chi connectivity index (χ1) is 13.0. The molecule has 0 bridgehead atoms. The largest absolute Gasteiger partial charge is 0.444 e. The molecule has 3 aromatic rings. The highest BCUT2D eigenvalue weighted by atomic mass is 35.5. The Morgan fingerprint density at radius 1 is 1.22 bits per heavy atom. The highest BCUT2D eigenvalue weighted by Gasteiger charge is 2.25. The van der Waals surface area contributed by atoms with Gasteiger partial charge < -0.3 is 9.15 Å². The molecule has 0 aliphatic carbocycles. The fraction of sp³-hybridized carbons (Fsp3) is 0.318. The average molecular weight is 385 g/mol. The van der Waals surface area contributed by atoms with E-state index in [-0.39, 0.29) is 5.63 Å². The lowest BCUT2D eigenvalue weighted by Crippen LogP contribution is -3.10. The summed E-state index contributed by atoms with van der Waals surface area (Å²) in [5, 5.41) is 1.78. The van der Waals surface area contributed by atoms with Gasteiger partial charge in [-0.25, -0.2) is 4.79 Å². The summed E-state index contributed by atoms with van der Waals surface area (Å²) in [5.41, 5.74) is 4.69. The summed E-state index contributed by atoms with van der Waals surface area (Å²) in [7, 11) is 0. The molecule has 2 heterocycles. The molecule has 1 aromatic heterocycles. The maximum absolute atomic E-state index is 12.0. The van der Waals surface area contributed by atoms with Gasteiger partial charge in [0.2, 0.25) is 6.73 Å². The van der Waals surface area contributed by atoms with Gasteiger partial charge in [-0.2, -0.15) is 0 Å². The highest BCUT2D eigenvalue weighted by Crippen LogP contribution is 2.33. The number of benzene rings is 2. The maximum Gasteiger partial charge on any atom is 0.336 e. The Bertz CT molecular complexity index is 1060. The molecule has 1 unspecified atom stereocenters. The number of halogens is 1. The number of rotatable bonds is 4. The fourth-order valence-corrected chi connectivity index (χ4v) is 4.14. The predicted molar refractivity (Wildman–Crippen MR) is 107 cm³/mol. The zero-order valence-electron chi connectivity index (χ0n) is 15.6. The van der Waals surface area contributed by atoms with Crippen LogP contribution in [0.3, 0.4) is 0 Å². The van der Waals surface area contributed by atoms with Crippen molar-refractivity contribution in [2.24, 2.45) is 0 Å². The van der Waals surface area contributed by atoms with Crippen molar-refractivity contribution < 1.29 is 14.1 Å². The second-order valence-corrected chi connectivity index (χ2v) is 7.67. The molecule has 1 N–H and O–H groups in total. The summed E-state index contributed by atoms with van der Waals surface area (Å²) in [5.74, 6) is 0.856. The smallest absolute Gasteiger partial charge is 0.336 e. The minimum atomic E-state index is -0.294. The van der Waals surface area contributed by atoms with Gasteiger partial charge in [-0.15, -0.1) is 0 Å². The molecule has 2 aromatic carbocycles. The second kappa shape index (κ2) is 7.37. The maximum atomic E-state index is 12.0. The van der Waals surface area contributed by atoms with E-state index in [4.69, 9.17) is 20.8 Å².